The average molecular weight is 337 g/mol. The van der Waals surface area contributed by atoms with Gasteiger partial charge in [-0.1, -0.05) is 30.3 Å². The highest BCUT2D eigenvalue weighted by Crippen LogP contribution is 2.24. The number of carbonyl (C=O) groups is 1. The van der Waals surface area contributed by atoms with Crippen molar-refractivity contribution in [1.29, 1.82) is 0 Å². The highest BCUT2D eigenvalue weighted by atomic mass is 19.1. The maximum absolute atomic E-state index is 13.1. The van der Waals surface area contributed by atoms with Gasteiger partial charge in [-0.05, 0) is 31.2 Å². The van der Waals surface area contributed by atoms with E-state index in [1.165, 1.54) is 17.4 Å². The van der Waals surface area contributed by atoms with Gasteiger partial charge in [0, 0.05) is 14.0 Å². The molecule has 1 fully saturated rings. The van der Waals surface area contributed by atoms with Gasteiger partial charge in [-0.15, -0.1) is 0 Å². The number of hydrogen-bond donors (Lipinski definition) is 0. The van der Waals surface area contributed by atoms with Crippen LogP contribution in [0, 0.1) is 0 Å². The summed E-state index contributed by atoms with van der Waals surface area (Å²) < 4.78 is 24.8. The van der Waals surface area contributed by atoms with E-state index in [1.807, 2.05) is 18.2 Å². The molecular weight excluding hydrogens is 309 g/mol. The Balaban J connectivity index is 1.66. The number of alkyl halides is 1. The van der Waals surface area contributed by atoms with Crippen LogP contribution in [0.4, 0.5) is 4.39 Å². The van der Waals surface area contributed by atoms with Gasteiger partial charge in [0.25, 0.3) is 0 Å². The van der Waals surface area contributed by atoms with Gasteiger partial charge in [0.1, 0.15) is 6.67 Å². The van der Waals surface area contributed by atoms with Crippen molar-refractivity contribution < 1.29 is 18.7 Å². The third-order valence-electron chi connectivity index (χ3n) is 4.70. The highest BCUT2D eigenvalue weighted by molar-refractivity contribution is 5.73. The lowest BCUT2D eigenvalue weighted by atomic mass is 9.95. The van der Waals surface area contributed by atoms with Crippen LogP contribution in [0.15, 0.2) is 30.3 Å². The Morgan fingerprint density at radius 1 is 1.17 bits per heavy atom. The molecule has 1 atom stereocenters. The largest absolute Gasteiger partial charge is 0.376 e. The number of carbonyl (C=O) groups excluding carboxylic acids is 1. The first kappa shape index (κ1) is 18.9. The quantitative estimate of drug-likeness (QED) is 0.730. The molecule has 1 amide bonds. The molecule has 0 unspecified atom stereocenters. The zero-order valence-corrected chi connectivity index (χ0v) is 14.6. The first-order valence-corrected chi connectivity index (χ1v) is 8.66. The van der Waals surface area contributed by atoms with Crippen molar-refractivity contribution in [2.24, 2.45) is 0 Å². The fourth-order valence-electron chi connectivity index (χ4n) is 2.92. The minimum absolute atomic E-state index is 0.135. The van der Waals surface area contributed by atoms with E-state index in [4.69, 9.17) is 9.47 Å². The zero-order chi connectivity index (χ0) is 17.4. The smallest absolute Gasteiger partial charge is 0.219 e. The van der Waals surface area contributed by atoms with Gasteiger partial charge in [-0.25, -0.2) is 4.39 Å². The van der Waals surface area contributed by atoms with Crippen molar-refractivity contribution >= 4 is 5.91 Å². The molecule has 24 heavy (non-hydrogen) atoms. The van der Waals surface area contributed by atoms with E-state index in [-0.39, 0.29) is 24.7 Å². The van der Waals surface area contributed by atoms with Crippen molar-refractivity contribution in [2.45, 2.75) is 57.5 Å². The van der Waals surface area contributed by atoms with E-state index in [9.17, 15) is 9.18 Å². The van der Waals surface area contributed by atoms with Gasteiger partial charge in [0.05, 0.1) is 31.5 Å². The summed E-state index contributed by atoms with van der Waals surface area (Å²) in [4.78, 5) is 12.7. The van der Waals surface area contributed by atoms with Gasteiger partial charge < -0.3 is 14.4 Å². The Morgan fingerprint density at radius 3 is 2.29 bits per heavy atom. The Morgan fingerprint density at radius 2 is 1.75 bits per heavy atom. The minimum atomic E-state index is -0.578. The summed E-state index contributed by atoms with van der Waals surface area (Å²) in [5.74, 6) is -0.140. The van der Waals surface area contributed by atoms with Crippen molar-refractivity contribution in [2.75, 3.05) is 20.3 Å². The van der Waals surface area contributed by atoms with Crippen LogP contribution in [-0.2, 0) is 20.9 Å². The van der Waals surface area contributed by atoms with Gasteiger partial charge >= 0.3 is 0 Å². The molecule has 1 aliphatic carbocycles. The lowest BCUT2D eigenvalue weighted by Crippen LogP contribution is -2.41. The average Bonchev–Trinajstić information content (AvgIpc) is 2.62. The number of benzene rings is 1. The molecule has 2 rings (SSSR count). The van der Waals surface area contributed by atoms with Crippen molar-refractivity contribution in [3.05, 3.63) is 35.9 Å². The predicted octanol–water partition coefficient (Wildman–Crippen LogP) is 3.35. The second kappa shape index (κ2) is 9.74. The Labute approximate surface area is 143 Å². The molecule has 0 saturated heterocycles. The number of likely N-dealkylation sites (N-methyl/N-ethyl adjacent to an activating group) is 1. The third kappa shape index (κ3) is 5.87. The maximum Gasteiger partial charge on any atom is 0.219 e. The number of amides is 1. The van der Waals surface area contributed by atoms with Crippen LogP contribution in [0.25, 0.3) is 0 Å². The topological polar surface area (TPSA) is 38.8 Å². The van der Waals surface area contributed by atoms with E-state index >= 15 is 0 Å². The number of rotatable bonds is 8. The van der Waals surface area contributed by atoms with E-state index < -0.39 is 12.7 Å². The molecule has 1 aliphatic rings. The van der Waals surface area contributed by atoms with Gasteiger partial charge in [-0.2, -0.15) is 0 Å². The first-order valence-electron chi connectivity index (χ1n) is 8.66. The van der Waals surface area contributed by atoms with E-state index in [1.54, 1.807) is 7.05 Å². The number of halogens is 1. The molecule has 1 aromatic rings. The first-order chi connectivity index (χ1) is 11.6. The van der Waals surface area contributed by atoms with Crippen molar-refractivity contribution in [1.82, 2.24) is 4.90 Å². The zero-order valence-electron chi connectivity index (χ0n) is 14.6. The van der Waals surface area contributed by atoms with Crippen LogP contribution in [-0.4, -0.2) is 49.4 Å². The molecule has 4 nitrogen and oxygen atoms in total. The normalized spacial score (nSPS) is 22.1. The second-order valence-electron chi connectivity index (χ2n) is 6.47. The summed E-state index contributed by atoms with van der Waals surface area (Å²) in [6.45, 7) is 1.76. The lowest BCUT2D eigenvalue weighted by molar-refractivity contribution is -0.132. The van der Waals surface area contributed by atoms with Crippen LogP contribution in [0.5, 0.6) is 0 Å². The van der Waals surface area contributed by atoms with E-state index in [0.29, 0.717) is 6.61 Å². The van der Waals surface area contributed by atoms with E-state index in [0.717, 1.165) is 25.7 Å². The summed E-state index contributed by atoms with van der Waals surface area (Å²) in [6.07, 6.45) is 4.16. The maximum atomic E-state index is 13.1. The monoisotopic (exact) mass is 337 g/mol. The van der Waals surface area contributed by atoms with Crippen molar-refractivity contribution in [3.63, 3.8) is 0 Å². The molecule has 5 heteroatoms. The van der Waals surface area contributed by atoms with Crippen LogP contribution < -0.4 is 0 Å². The number of nitrogens with zero attached hydrogens (tertiary/aromatic N) is 1. The predicted molar refractivity (Wildman–Crippen MR) is 91.4 cm³/mol. The Kier molecular flexibility index (Phi) is 7.66. The Bertz CT molecular complexity index is 489. The fourth-order valence-corrected chi connectivity index (χ4v) is 2.92. The van der Waals surface area contributed by atoms with Gasteiger partial charge in [0.2, 0.25) is 5.91 Å². The lowest BCUT2D eigenvalue weighted by Gasteiger charge is -2.31. The number of hydrogen-bond acceptors (Lipinski definition) is 3. The van der Waals surface area contributed by atoms with Gasteiger partial charge in [-0.3, -0.25) is 4.79 Å². The minimum Gasteiger partial charge on any atom is -0.376 e. The third-order valence-corrected chi connectivity index (χ3v) is 4.70. The van der Waals surface area contributed by atoms with Crippen LogP contribution in [0.1, 0.15) is 38.2 Å². The molecule has 134 valence electrons. The van der Waals surface area contributed by atoms with E-state index in [2.05, 4.69) is 12.1 Å². The standard InChI is InChI=1S/C19H28FNO3/c1-15(22)21(2)17(12-20)14-24-19-10-8-18(9-11-19)23-13-16-6-4-3-5-7-16/h3-7,17-19H,8-14H2,1-2H3/t17-,18?,19?/m0/s1. The second-order valence-corrected chi connectivity index (χ2v) is 6.47. The molecule has 0 heterocycles. The number of ether oxygens (including phenoxy) is 2. The molecule has 1 aromatic carbocycles. The summed E-state index contributed by atoms with van der Waals surface area (Å²) >= 11 is 0. The molecule has 0 aromatic heterocycles. The highest BCUT2D eigenvalue weighted by Gasteiger charge is 2.24. The van der Waals surface area contributed by atoms with Crippen LogP contribution in [0.2, 0.25) is 0 Å². The molecule has 0 radical (unpaired) electrons. The molecule has 0 N–H and O–H groups in total. The summed E-state index contributed by atoms with van der Waals surface area (Å²) in [5, 5.41) is 0. The summed E-state index contributed by atoms with van der Waals surface area (Å²) in [6, 6.07) is 9.68. The van der Waals surface area contributed by atoms with Crippen molar-refractivity contribution in [3.8, 4) is 0 Å². The van der Waals surface area contributed by atoms with Crippen LogP contribution in [0.3, 0.4) is 0 Å². The SMILES string of the molecule is CC(=O)N(C)[C@@H](CF)COC1CCC(OCc2ccccc2)CC1. The van der Waals surface area contributed by atoms with Crippen LogP contribution >= 0.6 is 0 Å². The van der Waals surface area contributed by atoms with Gasteiger partial charge in [0.15, 0.2) is 0 Å². The molecule has 1 saturated carbocycles. The fraction of sp³-hybridized carbons (Fsp3) is 0.632. The molecular formula is C19H28FNO3. The molecule has 0 aliphatic heterocycles. The Hall–Kier alpha value is -1.46. The summed E-state index contributed by atoms with van der Waals surface area (Å²) in [7, 11) is 1.62. The molecule has 0 bridgehead atoms. The molecule has 0 spiro atoms. The summed E-state index contributed by atoms with van der Waals surface area (Å²) in [5.41, 5.74) is 1.19.